The van der Waals surface area contributed by atoms with Crippen molar-refractivity contribution < 1.29 is 14.3 Å². The summed E-state index contributed by atoms with van der Waals surface area (Å²) in [5.74, 6) is 3.10. The lowest BCUT2D eigenvalue weighted by Gasteiger charge is -2.10. The second-order valence-electron chi connectivity index (χ2n) is 5.77. The fourth-order valence-corrected chi connectivity index (χ4v) is 5.23. The zero-order valence-electron chi connectivity index (χ0n) is 13.0. The molecular formula is C18H21O3S+. The van der Waals surface area contributed by atoms with Crippen LogP contribution >= 0.6 is 0 Å². The highest BCUT2D eigenvalue weighted by atomic mass is 32.2. The summed E-state index contributed by atoms with van der Waals surface area (Å²) in [6.45, 7) is 3.61. The lowest BCUT2D eigenvalue weighted by atomic mass is 10.1. The fraction of sp³-hybridized carbons (Fsp3) is 0.389. The maximum absolute atomic E-state index is 11.7. The Labute approximate surface area is 134 Å². The van der Waals surface area contributed by atoms with Crippen LogP contribution in [0.3, 0.4) is 0 Å². The first kappa shape index (κ1) is 15.2. The molecule has 1 heterocycles. The van der Waals surface area contributed by atoms with Gasteiger partial charge in [0.1, 0.15) is 17.3 Å². The maximum Gasteiger partial charge on any atom is 0.514 e. The van der Waals surface area contributed by atoms with Crippen LogP contribution < -0.4 is 4.74 Å². The molecule has 1 saturated heterocycles. The summed E-state index contributed by atoms with van der Waals surface area (Å²) < 4.78 is 10.3. The number of hydrogen-bond donors (Lipinski definition) is 0. The highest BCUT2D eigenvalue weighted by Crippen LogP contribution is 2.32. The van der Waals surface area contributed by atoms with Crippen molar-refractivity contribution in [3.8, 4) is 5.75 Å². The van der Waals surface area contributed by atoms with Crippen molar-refractivity contribution >= 4 is 27.8 Å². The number of benzene rings is 2. The molecular weight excluding hydrogens is 296 g/mol. The van der Waals surface area contributed by atoms with E-state index < -0.39 is 6.16 Å². The summed E-state index contributed by atoms with van der Waals surface area (Å²) >= 11 is 0. The van der Waals surface area contributed by atoms with Crippen LogP contribution in [-0.4, -0.2) is 23.8 Å². The Morgan fingerprint density at radius 3 is 2.64 bits per heavy atom. The van der Waals surface area contributed by atoms with Crippen LogP contribution in [0.25, 0.3) is 10.8 Å². The third kappa shape index (κ3) is 3.38. The van der Waals surface area contributed by atoms with Gasteiger partial charge in [-0.25, -0.2) is 4.79 Å². The van der Waals surface area contributed by atoms with Gasteiger partial charge in [0, 0.05) is 16.3 Å². The predicted molar refractivity (Wildman–Crippen MR) is 90.8 cm³/mol. The monoisotopic (exact) mass is 317 g/mol. The molecule has 0 bridgehead atoms. The summed E-state index contributed by atoms with van der Waals surface area (Å²) in [7, 11) is 0.333. The Kier molecular flexibility index (Phi) is 4.57. The van der Waals surface area contributed by atoms with Crippen LogP contribution in [0.4, 0.5) is 4.79 Å². The Bertz CT molecular complexity index is 675. The Hall–Kier alpha value is -1.68. The van der Waals surface area contributed by atoms with Gasteiger partial charge < -0.3 is 9.47 Å². The molecule has 2 aromatic carbocycles. The first-order valence-corrected chi connectivity index (χ1v) is 9.28. The van der Waals surface area contributed by atoms with Gasteiger partial charge in [0.05, 0.1) is 6.10 Å². The van der Waals surface area contributed by atoms with Crippen LogP contribution in [0.5, 0.6) is 5.75 Å². The Morgan fingerprint density at radius 1 is 1.14 bits per heavy atom. The van der Waals surface area contributed by atoms with Crippen LogP contribution in [0, 0.1) is 0 Å². The third-order valence-electron chi connectivity index (χ3n) is 3.69. The van der Waals surface area contributed by atoms with E-state index in [1.807, 2.05) is 18.2 Å². The van der Waals surface area contributed by atoms with E-state index in [0.29, 0.717) is 16.6 Å². The van der Waals surface area contributed by atoms with E-state index in [0.717, 1.165) is 0 Å². The molecule has 0 spiro atoms. The van der Waals surface area contributed by atoms with Crippen molar-refractivity contribution in [3.63, 3.8) is 0 Å². The number of carbonyl (C=O) groups is 1. The SMILES string of the molecule is CC(C)OC(=O)Oc1ccc2cccc([S+]3CCCC3)c2c1. The molecule has 0 atom stereocenters. The maximum atomic E-state index is 11.7. The van der Waals surface area contributed by atoms with E-state index in [-0.39, 0.29) is 6.10 Å². The second kappa shape index (κ2) is 6.61. The minimum absolute atomic E-state index is 0.177. The lowest BCUT2D eigenvalue weighted by molar-refractivity contribution is 0.0729. The number of rotatable bonds is 3. The van der Waals surface area contributed by atoms with Crippen molar-refractivity contribution in [1.29, 1.82) is 0 Å². The minimum atomic E-state index is -0.643. The highest BCUT2D eigenvalue weighted by Gasteiger charge is 2.28. The Morgan fingerprint density at radius 2 is 1.91 bits per heavy atom. The molecule has 0 aliphatic carbocycles. The smallest absolute Gasteiger partial charge is 0.431 e. The largest absolute Gasteiger partial charge is 0.514 e. The van der Waals surface area contributed by atoms with Crippen molar-refractivity contribution in [3.05, 3.63) is 36.4 Å². The van der Waals surface area contributed by atoms with E-state index in [1.165, 1.54) is 40.0 Å². The van der Waals surface area contributed by atoms with Gasteiger partial charge in [-0.15, -0.1) is 0 Å². The molecule has 1 aliphatic heterocycles. The van der Waals surface area contributed by atoms with Gasteiger partial charge >= 0.3 is 6.16 Å². The van der Waals surface area contributed by atoms with Crippen molar-refractivity contribution in [1.82, 2.24) is 0 Å². The topological polar surface area (TPSA) is 35.5 Å². The van der Waals surface area contributed by atoms with Crippen LogP contribution in [0.1, 0.15) is 26.7 Å². The molecule has 4 heteroatoms. The van der Waals surface area contributed by atoms with Gasteiger partial charge in [-0.05, 0) is 50.3 Å². The zero-order valence-corrected chi connectivity index (χ0v) is 13.8. The van der Waals surface area contributed by atoms with Gasteiger partial charge in [-0.3, -0.25) is 0 Å². The average Bonchev–Trinajstić information content (AvgIpc) is 2.99. The van der Waals surface area contributed by atoms with E-state index in [1.54, 1.807) is 13.8 Å². The summed E-state index contributed by atoms with van der Waals surface area (Å²) in [6, 6.07) is 12.2. The minimum Gasteiger partial charge on any atom is -0.431 e. The van der Waals surface area contributed by atoms with Crippen molar-refractivity contribution in [2.24, 2.45) is 0 Å². The lowest BCUT2D eigenvalue weighted by Crippen LogP contribution is -2.15. The molecule has 0 amide bonds. The molecule has 2 aromatic rings. The normalized spacial score (nSPS) is 15.4. The highest BCUT2D eigenvalue weighted by molar-refractivity contribution is 7.97. The summed E-state index contributed by atoms with van der Waals surface area (Å²) in [6.07, 6.45) is 1.81. The van der Waals surface area contributed by atoms with E-state index in [4.69, 9.17) is 9.47 Å². The molecule has 0 unspecified atom stereocenters. The molecule has 116 valence electrons. The zero-order chi connectivity index (χ0) is 15.5. The number of ether oxygens (including phenoxy) is 2. The standard InChI is InChI=1S/C18H21O3S/c1-13(2)20-18(19)21-15-9-8-14-6-5-7-17(16(14)12-15)22-10-3-4-11-22/h5-9,12-13H,3-4,10-11H2,1-2H3/q+1. The molecule has 22 heavy (non-hydrogen) atoms. The summed E-state index contributed by atoms with van der Waals surface area (Å²) in [5, 5.41) is 2.39. The van der Waals surface area contributed by atoms with Gasteiger partial charge in [0.2, 0.25) is 0 Å². The third-order valence-corrected chi connectivity index (χ3v) is 6.23. The van der Waals surface area contributed by atoms with Gasteiger partial charge in [-0.1, -0.05) is 18.2 Å². The first-order chi connectivity index (χ1) is 10.6. The quantitative estimate of drug-likeness (QED) is 0.474. The van der Waals surface area contributed by atoms with Crippen molar-refractivity contribution in [2.75, 3.05) is 11.5 Å². The predicted octanol–water partition coefficient (Wildman–Crippen LogP) is 4.53. The molecule has 0 radical (unpaired) electrons. The van der Waals surface area contributed by atoms with Crippen LogP contribution in [0.2, 0.25) is 0 Å². The molecule has 3 nitrogen and oxygen atoms in total. The van der Waals surface area contributed by atoms with Gasteiger partial charge in [0.25, 0.3) is 0 Å². The van der Waals surface area contributed by atoms with Crippen LogP contribution in [-0.2, 0) is 15.6 Å². The summed E-state index contributed by atoms with van der Waals surface area (Å²) in [5.41, 5.74) is 0. The molecule has 0 N–H and O–H groups in total. The molecule has 3 rings (SSSR count). The number of hydrogen-bond acceptors (Lipinski definition) is 3. The van der Waals surface area contributed by atoms with Crippen molar-refractivity contribution in [2.45, 2.75) is 37.7 Å². The van der Waals surface area contributed by atoms with E-state index in [2.05, 4.69) is 18.2 Å². The first-order valence-electron chi connectivity index (χ1n) is 7.72. The Balaban J connectivity index is 1.90. The van der Waals surface area contributed by atoms with Crippen LogP contribution in [0.15, 0.2) is 41.3 Å². The fourth-order valence-electron chi connectivity index (χ4n) is 2.73. The van der Waals surface area contributed by atoms with Gasteiger partial charge in [0.15, 0.2) is 4.90 Å². The summed E-state index contributed by atoms with van der Waals surface area (Å²) in [4.78, 5) is 13.1. The van der Waals surface area contributed by atoms with E-state index in [9.17, 15) is 4.79 Å². The average molecular weight is 317 g/mol. The molecule has 1 aliphatic rings. The number of carbonyl (C=O) groups excluding carboxylic acids is 1. The molecule has 0 aromatic heterocycles. The van der Waals surface area contributed by atoms with E-state index >= 15 is 0 Å². The molecule has 0 saturated carbocycles. The second-order valence-corrected chi connectivity index (χ2v) is 8.01. The molecule has 1 fully saturated rings. The number of fused-ring (bicyclic) bond motifs is 1. The van der Waals surface area contributed by atoms with Gasteiger partial charge in [-0.2, -0.15) is 0 Å².